The van der Waals surface area contributed by atoms with Crippen LogP contribution in [0.3, 0.4) is 0 Å². The molecule has 1 atom stereocenters. The van der Waals surface area contributed by atoms with Crippen LogP contribution in [0.15, 0.2) is 66.0 Å². The molecule has 5 rings (SSSR count). The number of aromatic nitrogens is 6. The molecule has 1 fully saturated rings. The van der Waals surface area contributed by atoms with Gasteiger partial charge in [0.15, 0.2) is 5.75 Å². The molecule has 1 aliphatic rings. The average Bonchev–Trinajstić information content (AvgIpc) is 3.62. The number of carbonyl (C=O) groups excluding carboxylic acids is 1. The van der Waals surface area contributed by atoms with Gasteiger partial charge in [-0.05, 0) is 51.3 Å². The number of hydrogen-bond acceptors (Lipinski definition) is 8. The number of ketones is 1. The zero-order chi connectivity index (χ0) is 27.6. The van der Waals surface area contributed by atoms with Crippen molar-refractivity contribution in [1.29, 1.82) is 0 Å². The van der Waals surface area contributed by atoms with Crippen LogP contribution in [0.1, 0.15) is 42.6 Å². The number of hydrogen-bond donors (Lipinski definition) is 1. The molecule has 39 heavy (non-hydrogen) atoms. The Morgan fingerprint density at radius 1 is 1.13 bits per heavy atom. The molecule has 3 aromatic heterocycles. The normalized spacial score (nSPS) is 14.5. The van der Waals surface area contributed by atoms with Crippen LogP contribution < -0.4 is 15.6 Å². The average molecular weight is 530 g/mol. The van der Waals surface area contributed by atoms with Crippen LogP contribution in [-0.2, 0) is 18.4 Å². The molecule has 0 bridgehead atoms. The Morgan fingerprint density at radius 3 is 2.64 bits per heavy atom. The lowest BCUT2D eigenvalue weighted by molar-refractivity contribution is -0.120. The fraction of sp³-hybridized carbons (Fsp3) is 0.379. The molecule has 0 radical (unpaired) electrons. The Hall–Kier alpha value is -4.18. The first-order chi connectivity index (χ1) is 18.9. The van der Waals surface area contributed by atoms with Crippen molar-refractivity contribution in [2.24, 2.45) is 7.05 Å². The third-order valence-corrected chi connectivity index (χ3v) is 6.32. The maximum absolute atomic E-state index is 12.0. The van der Waals surface area contributed by atoms with Crippen molar-refractivity contribution in [1.82, 2.24) is 34.8 Å². The summed E-state index contributed by atoms with van der Waals surface area (Å²) in [6.45, 7) is 5.83. The minimum atomic E-state index is -0.107. The van der Waals surface area contributed by atoms with Crippen molar-refractivity contribution in [3.63, 3.8) is 0 Å². The Labute approximate surface area is 228 Å². The van der Waals surface area contributed by atoms with Gasteiger partial charge in [0.1, 0.15) is 11.6 Å². The van der Waals surface area contributed by atoms with Gasteiger partial charge in [0, 0.05) is 31.3 Å². The Kier molecular flexibility index (Phi) is 9.69. The van der Waals surface area contributed by atoms with Crippen LogP contribution in [0.5, 0.6) is 5.75 Å². The maximum Gasteiger partial charge on any atom is 0.267 e. The molecule has 0 spiro atoms. The Balaban J connectivity index is 0.000000183. The van der Waals surface area contributed by atoms with E-state index in [4.69, 9.17) is 4.74 Å². The first-order valence-electron chi connectivity index (χ1n) is 13.2. The summed E-state index contributed by atoms with van der Waals surface area (Å²) < 4.78 is 8.67. The fourth-order valence-corrected chi connectivity index (χ4v) is 4.28. The first kappa shape index (κ1) is 27.8. The number of Topliss-reactive ketones (excluding diaryl/α,β-unsaturated/α-hetero) is 1. The van der Waals surface area contributed by atoms with Crippen LogP contribution >= 0.6 is 0 Å². The molecule has 1 saturated heterocycles. The van der Waals surface area contributed by atoms with E-state index in [0.717, 1.165) is 48.5 Å². The number of nitrogens with one attached hydrogen (secondary N) is 1. The Morgan fingerprint density at radius 2 is 1.95 bits per heavy atom. The van der Waals surface area contributed by atoms with Gasteiger partial charge >= 0.3 is 0 Å². The Bertz CT molecular complexity index is 1420. The second-order valence-corrected chi connectivity index (χ2v) is 9.64. The van der Waals surface area contributed by atoms with E-state index >= 15 is 0 Å². The lowest BCUT2D eigenvalue weighted by atomic mass is 10.1. The summed E-state index contributed by atoms with van der Waals surface area (Å²) in [5, 5.41) is 11.8. The van der Waals surface area contributed by atoms with Gasteiger partial charge in [-0.2, -0.15) is 10.2 Å². The molecular weight excluding hydrogens is 494 g/mol. The standard InChI is InChI=1S/C16H16N4O.C13H19N3O2/c1-12-4-3-5-13(8-12)10-20-16(21)7-6-15(18-20)14-9-17-19(2)11-14;1-10-15-8-11(9-16-10)18-7-3-5-13(17)12-4-2-6-14-12/h3-9,11H,10H2,1-2H3;8-9,12,14H,2-7H2,1H3/t;12-/m.0/s1. The van der Waals surface area contributed by atoms with Crippen molar-refractivity contribution >= 4 is 5.78 Å². The minimum Gasteiger partial charge on any atom is -0.490 e. The van der Waals surface area contributed by atoms with Gasteiger partial charge in [-0.25, -0.2) is 14.6 Å². The highest BCUT2D eigenvalue weighted by atomic mass is 16.5. The number of benzene rings is 1. The molecule has 0 saturated carbocycles. The van der Waals surface area contributed by atoms with Gasteiger partial charge in [0.05, 0.1) is 43.5 Å². The van der Waals surface area contributed by atoms with Crippen LogP contribution in [0.4, 0.5) is 0 Å². The van der Waals surface area contributed by atoms with E-state index in [0.29, 0.717) is 31.1 Å². The van der Waals surface area contributed by atoms with Crippen molar-refractivity contribution in [3.05, 3.63) is 88.5 Å². The molecule has 1 aromatic carbocycles. The predicted molar refractivity (Wildman–Crippen MR) is 149 cm³/mol. The molecule has 4 aromatic rings. The number of ether oxygens (including phenoxy) is 1. The van der Waals surface area contributed by atoms with E-state index in [-0.39, 0.29) is 11.6 Å². The quantitative estimate of drug-likeness (QED) is 0.329. The summed E-state index contributed by atoms with van der Waals surface area (Å²) in [5.41, 5.74) is 3.77. The second kappa shape index (κ2) is 13.6. The molecule has 0 amide bonds. The van der Waals surface area contributed by atoms with Crippen LogP contribution in [-0.4, -0.2) is 54.5 Å². The summed E-state index contributed by atoms with van der Waals surface area (Å²) >= 11 is 0. The number of aryl methyl sites for hydroxylation is 3. The summed E-state index contributed by atoms with van der Waals surface area (Å²) in [6.07, 6.45) is 10.3. The summed E-state index contributed by atoms with van der Waals surface area (Å²) in [5.74, 6) is 1.69. The highest BCUT2D eigenvalue weighted by molar-refractivity contribution is 5.84. The van der Waals surface area contributed by atoms with Gasteiger partial charge in [0.2, 0.25) is 0 Å². The lowest BCUT2D eigenvalue weighted by Gasteiger charge is -2.09. The number of nitrogens with zero attached hydrogens (tertiary/aromatic N) is 6. The second-order valence-electron chi connectivity index (χ2n) is 9.64. The smallest absolute Gasteiger partial charge is 0.267 e. The predicted octanol–water partition coefficient (Wildman–Crippen LogP) is 3.27. The molecule has 204 valence electrons. The minimum absolute atomic E-state index is 0.0766. The zero-order valence-corrected chi connectivity index (χ0v) is 22.7. The monoisotopic (exact) mass is 529 g/mol. The third-order valence-electron chi connectivity index (χ3n) is 6.32. The van der Waals surface area contributed by atoms with Crippen LogP contribution in [0, 0.1) is 13.8 Å². The van der Waals surface area contributed by atoms with Crippen molar-refractivity contribution in [3.8, 4) is 17.0 Å². The van der Waals surface area contributed by atoms with Crippen LogP contribution in [0.25, 0.3) is 11.3 Å². The van der Waals surface area contributed by atoms with E-state index < -0.39 is 0 Å². The SMILES string of the molecule is Cc1cccc(Cn2nc(-c3cnn(C)c3)ccc2=O)c1.Cc1ncc(OCCCC(=O)[C@@H]2CCCN2)cn1. The molecule has 0 aliphatic carbocycles. The topological polar surface area (TPSA) is 117 Å². The molecule has 1 aliphatic heterocycles. The van der Waals surface area contributed by atoms with E-state index in [1.807, 2.05) is 45.3 Å². The summed E-state index contributed by atoms with van der Waals surface area (Å²) in [7, 11) is 1.85. The van der Waals surface area contributed by atoms with Gasteiger partial charge in [0.25, 0.3) is 5.56 Å². The van der Waals surface area contributed by atoms with Crippen molar-refractivity contribution < 1.29 is 9.53 Å². The number of carbonyl (C=O) groups is 1. The van der Waals surface area contributed by atoms with Gasteiger partial charge in [-0.1, -0.05) is 29.8 Å². The molecular formula is C29H35N7O3. The first-order valence-corrected chi connectivity index (χ1v) is 13.2. The fourth-order valence-electron chi connectivity index (χ4n) is 4.28. The highest BCUT2D eigenvalue weighted by Gasteiger charge is 2.21. The molecule has 1 N–H and O–H groups in total. The van der Waals surface area contributed by atoms with E-state index in [9.17, 15) is 9.59 Å². The van der Waals surface area contributed by atoms with Gasteiger partial charge < -0.3 is 10.1 Å². The maximum atomic E-state index is 12.0. The van der Waals surface area contributed by atoms with E-state index in [1.165, 1.54) is 10.2 Å². The number of rotatable bonds is 9. The van der Waals surface area contributed by atoms with Crippen LogP contribution in [0.2, 0.25) is 0 Å². The van der Waals surface area contributed by atoms with E-state index in [2.05, 4.69) is 31.5 Å². The van der Waals surface area contributed by atoms with Crippen molar-refractivity contribution in [2.75, 3.05) is 13.2 Å². The van der Waals surface area contributed by atoms with Gasteiger partial charge in [-0.15, -0.1) is 0 Å². The lowest BCUT2D eigenvalue weighted by Crippen LogP contribution is -2.30. The zero-order valence-electron chi connectivity index (χ0n) is 22.7. The van der Waals surface area contributed by atoms with E-state index in [1.54, 1.807) is 35.4 Å². The highest BCUT2D eigenvalue weighted by Crippen LogP contribution is 2.14. The molecule has 0 unspecified atom stereocenters. The third kappa shape index (κ3) is 8.41. The largest absolute Gasteiger partial charge is 0.490 e. The molecule has 10 heteroatoms. The molecule has 4 heterocycles. The van der Waals surface area contributed by atoms with Gasteiger partial charge in [-0.3, -0.25) is 14.3 Å². The summed E-state index contributed by atoms with van der Waals surface area (Å²) in [4.78, 5) is 31.8. The van der Waals surface area contributed by atoms with Crippen molar-refractivity contribution in [2.45, 2.75) is 52.1 Å². The summed E-state index contributed by atoms with van der Waals surface area (Å²) in [6, 6.07) is 11.4. The molecule has 10 nitrogen and oxygen atoms in total.